The van der Waals surface area contributed by atoms with Gasteiger partial charge in [0, 0.05) is 32.9 Å². The van der Waals surface area contributed by atoms with Crippen LogP contribution >= 0.6 is 0 Å². The van der Waals surface area contributed by atoms with E-state index in [1.54, 1.807) is 6.26 Å². The highest BCUT2D eigenvalue weighted by molar-refractivity contribution is 7.98. The summed E-state index contributed by atoms with van der Waals surface area (Å²) in [7, 11) is -2.00. The molecule has 22 heavy (non-hydrogen) atoms. The zero-order chi connectivity index (χ0) is 15.9. The Labute approximate surface area is 136 Å². The van der Waals surface area contributed by atoms with Gasteiger partial charge in [0.15, 0.2) is 16.4 Å². The van der Waals surface area contributed by atoms with Crippen molar-refractivity contribution >= 4 is 26.5 Å². The first-order chi connectivity index (χ1) is 10.4. The van der Waals surface area contributed by atoms with Gasteiger partial charge < -0.3 is 9.47 Å². The Hall–Kier alpha value is -0.850. The minimum absolute atomic E-state index is 0.148. The van der Waals surface area contributed by atoms with Gasteiger partial charge in [-0.1, -0.05) is 0 Å². The van der Waals surface area contributed by atoms with E-state index in [9.17, 15) is 4.21 Å². The van der Waals surface area contributed by atoms with Gasteiger partial charge in [-0.3, -0.25) is 4.21 Å². The fourth-order valence-corrected chi connectivity index (χ4v) is 7.79. The number of nitrogens with zero attached hydrogens (tertiary/aromatic N) is 1. The number of benzene rings is 1. The van der Waals surface area contributed by atoms with E-state index in [2.05, 4.69) is 36.2 Å². The number of hydrogen-bond donors (Lipinski definition) is 0. The van der Waals surface area contributed by atoms with Gasteiger partial charge in [-0.15, -0.1) is 0 Å². The third-order valence-corrected chi connectivity index (χ3v) is 8.35. The van der Waals surface area contributed by atoms with Crippen LogP contribution in [-0.4, -0.2) is 57.4 Å². The Kier molecular flexibility index (Phi) is 4.36. The van der Waals surface area contributed by atoms with Crippen molar-refractivity contribution in [1.82, 2.24) is 4.31 Å². The molecule has 2 heterocycles. The van der Waals surface area contributed by atoms with Crippen molar-refractivity contribution in [2.75, 3.05) is 31.0 Å². The maximum absolute atomic E-state index is 12.4. The molecule has 0 N–H and O–H groups in total. The smallest absolute Gasteiger partial charge is 0.166 e. The van der Waals surface area contributed by atoms with Gasteiger partial charge in [-0.2, -0.15) is 0 Å². The van der Waals surface area contributed by atoms with Crippen molar-refractivity contribution in [3.8, 4) is 11.5 Å². The molecule has 122 valence electrons. The molecule has 0 aliphatic carbocycles. The monoisotopic (exact) mass is 342 g/mol. The van der Waals surface area contributed by atoms with E-state index in [0.717, 1.165) is 23.0 Å². The molecule has 0 radical (unpaired) electrons. The molecule has 0 amide bonds. The fraction of sp³-hybridized carbons (Fsp3) is 0.562. The number of rotatable bonds is 2. The van der Waals surface area contributed by atoms with Crippen LogP contribution in [0.2, 0.25) is 0 Å². The van der Waals surface area contributed by atoms with Gasteiger partial charge in [0.2, 0.25) is 0 Å². The molecule has 6 heteroatoms. The number of hydrogen-bond acceptors (Lipinski definition) is 3. The van der Waals surface area contributed by atoms with Gasteiger partial charge in [0.25, 0.3) is 0 Å². The van der Waals surface area contributed by atoms with E-state index in [1.165, 1.54) is 4.90 Å². The molecule has 0 saturated carbocycles. The summed E-state index contributed by atoms with van der Waals surface area (Å²) < 4.78 is 25.8. The van der Waals surface area contributed by atoms with E-state index in [-0.39, 0.29) is 23.0 Å². The quantitative estimate of drug-likeness (QED) is 0.608. The van der Waals surface area contributed by atoms with Crippen LogP contribution < -0.4 is 9.47 Å². The maximum atomic E-state index is 12.4. The van der Waals surface area contributed by atoms with Crippen LogP contribution in [0.4, 0.5) is 0 Å². The van der Waals surface area contributed by atoms with Crippen molar-refractivity contribution in [3.05, 3.63) is 18.2 Å². The standard InChI is InChI=1S/C16H24NO3S2/c1-12-10-21(11-13(2)17(12)22(3,4)18)14-5-6-15-16(9-14)20-8-7-19-15/h5-6,9,12-13H,3,7-8,10-11H2,1-2,4H3/q+1. The SMILES string of the molecule is C=S(C)(=O)N1C(C)C[S+](c2ccc3c(c2)OCCO3)CC1C. The first-order valence-electron chi connectivity index (χ1n) is 7.54. The molecule has 2 aliphatic rings. The lowest BCUT2D eigenvalue weighted by Crippen LogP contribution is -2.54. The molecule has 2 aliphatic heterocycles. The van der Waals surface area contributed by atoms with E-state index < -0.39 is 9.71 Å². The lowest BCUT2D eigenvalue weighted by atomic mass is 10.3. The Balaban J connectivity index is 1.82. The second-order valence-corrected chi connectivity index (χ2v) is 10.6. The summed E-state index contributed by atoms with van der Waals surface area (Å²) in [5, 5.41) is 0. The van der Waals surface area contributed by atoms with Crippen LogP contribution in [-0.2, 0) is 20.6 Å². The van der Waals surface area contributed by atoms with Crippen molar-refractivity contribution in [1.29, 1.82) is 0 Å². The third-order valence-electron chi connectivity index (χ3n) is 4.05. The van der Waals surface area contributed by atoms with E-state index in [1.807, 2.05) is 6.07 Å². The van der Waals surface area contributed by atoms with Crippen molar-refractivity contribution in [2.24, 2.45) is 0 Å². The molecule has 0 bridgehead atoms. The average Bonchev–Trinajstić information content (AvgIpc) is 2.44. The predicted octanol–water partition coefficient (Wildman–Crippen LogP) is 1.79. The lowest BCUT2D eigenvalue weighted by molar-refractivity contribution is 0.171. The van der Waals surface area contributed by atoms with Crippen LogP contribution in [0.3, 0.4) is 0 Å². The molecule has 1 aromatic carbocycles. The molecule has 3 rings (SSSR count). The molecule has 4 nitrogen and oxygen atoms in total. The van der Waals surface area contributed by atoms with Gasteiger partial charge in [0.1, 0.15) is 24.7 Å². The zero-order valence-corrected chi connectivity index (χ0v) is 15.0. The summed E-state index contributed by atoms with van der Waals surface area (Å²) in [4.78, 5) is 1.31. The van der Waals surface area contributed by atoms with Crippen LogP contribution in [0, 0.1) is 0 Å². The second kappa shape index (κ2) is 5.98. The largest absolute Gasteiger partial charge is 0.486 e. The molecule has 0 spiro atoms. The highest BCUT2D eigenvalue weighted by Gasteiger charge is 2.41. The van der Waals surface area contributed by atoms with Crippen LogP contribution in [0.25, 0.3) is 0 Å². The average molecular weight is 343 g/mol. The first-order valence-corrected chi connectivity index (χ1v) is 11.2. The van der Waals surface area contributed by atoms with Crippen LogP contribution in [0.5, 0.6) is 11.5 Å². The van der Waals surface area contributed by atoms with Gasteiger partial charge in [-0.25, -0.2) is 4.31 Å². The Bertz CT molecular complexity index is 647. The van der Waals surface area contributed by atoms with E-state index in [4.69, 9.17) is 9.47 Å². The summed E-state index contributed by atoms with van der Waals surface area (Å²) in [5.74, 6) is 7.60. The molecule has 1 fully saturated rings. The van der Waals surface area contributed by atoms with Crippen LogP contribution in [0.15, 0.2) is 23.1 Å². The number of ether oxygens (including phenoxy) is 2. The highest BCUT2D eigenvalue weighted by atomic mass is 32.2. The molecular formula is C16H24NO3S2+. The summed E-state index contributed by atoms with van der Waals surface area (Å²) >= 11 is 0. The maximum Gasteiger partial charge on any atom is 0.166 e. The minimum Gasteiger partial charge on any atom is -0.486 e. The summed E-state index contributed by atoms with van der Waals surface area (Å²) in [5.41, 5.74) is 0. The van der Waals surface area contributed by atoms with Crippen molar-refractivity contribution < 1.29 is 13.7 Å². The molecule has 0 aromatic heterocycles. The first kappa shape index (κ1) is 16.0. The van der Waals surface area contributed by atoms with E-state index in [0.29, 0.717) is 13.2 Å². The number of fused-ring (bicyclic) bond motifs is 1. The molecular weight excluding hydrogens is 318 g/mol. The summed E-state index contributed by atoms with van der Waals surface area (Å²) in [6.07, 6.45) is 1.74. The third kappa shape index (κ3) is 3.09. The van der Waals surface area contributed by atoms with E-state index >= 15 is 0 Å². The fourth-order valence-electron chi connectivity index (χ4n) is 3.39. The van der Waals surface area contributed by atoms with Crippen LogP contribution in [0.1, 0.15) is 13.8 Å². The second-order valence-electron chi connectivity index (χ2n) is 6.15. The molecule has 3 unspecified atom stereocenters. The Morgan fingerprint density at radius 1 is 1.18 bits per heavy atom. The molecule has 3 atom stereocenters. The van der Waals surface area contributed by atoms with Gasteiger partial charge in [-0.05, 0) is 31.9 Å². The predicted molar refractivity (Wildman–Crippen MR) is 94.7 cm³/mol. The van der Waals surface area contributed by atoms with Gasteiger partial charge >= 0.3 is 0 Å². The normalized spacial score (nSPS) is 31.5. The summed E-state index contributed by atoms with van der Waals surface area (Å²) in [6, 6.07) is 6.84. The molecule has 1 aromatic rings. The highest BCUT2D eigenvalue weighted by Crippen LogP contribution is 2.35. The molecule has 1 saturated heterocycles. The Morgan fingerprint density at radius 3 is 2.36 bits per heavy atom. The zero-order valence-electron chi connectivity index (χ0n) is 13.4. The van der Waals surface area contributed by atoms with Crippen molar-refractivity contribution in [3.63, 3.8) is 0 Å². The Morgan fingerprint density at radius 2 is 1.77 bits per heavy atom. The topological polar surface area (TPSA) is 38.8 Å². The van der Waals surface area contributed by atoms with Gasteiger partial charge in [0.05, 0.1) is 12.1 Å². The minimum atomic E-state index is -2.15. The lowest BCUT2D eigenvalue weighted by Gasteiger charge is -2.38. The van der Waals surface area contributed by atoms with Crippen molar-refractivity contribution in [2.45, 2.75) is 30.8 Å². The summed E-state index contributed by atoms with van der Waals surface area (Å²) in [6.45, 7) is 5.55.